The van der Waals surface area contributed by atoms with Gasteiger partial charge in [0.05, 0.1) is 19.0 Å². The molecule has 0 amide bonds. The van der Waals surface area contributed by atoms with E-state index in [4.69, 9.17) is 4.74 Å². The van der Waals surface area contributed by atoms with Gasteiger partial charge in [0.1, 0.15) is 5.69 Å². The fraction of sp³-hybridized carbons (Fsp3) is 0.500. The molecule has 0 spiro atoms. The molecule has 2 heterocycles. The Kier molecular flexibility index (Phi) is 5.25. The van der Waals surface area contributed by atoms with Crippen LogP contribution in [0.2, 0.25) is 0 Å². The first-order chi connectivity index (χ1) is 11.2. The molecule has 132 valence electrons. The average molecular weight is 347 g/mol. The molecule has 10 heteroatoms. The number of aryl methyl sites for hydroxylation is 1. The molecular weight excluding hydrogens is 330 g/mol. The van der Waals surface area contributed by atoms with E-state index in [0.29, 0.717) is 5.69 Å². The lowest BCUT2D eigenvalue weighted by Gasteiger charge is -2.16. The Balaban J connectivity index is 2.00. The van der Waals surface area contributed by atoms with Crippen LogP contribution >= 0.6 is 0 Å². The van der Waals surface area contributed by atoms with Crippen LogP contribution in [0.15, 0.2) is 12.3 Å². The third kappa shape index (κ3) is 4.33. The molecule has 2 aromatic heterocycles. The van der Waals surface area contributed by atoms with Crippen molar-refractivity contribution in [2.75, 3.05) is 19.0 Å². The van der Waals surface area contributed by atoms with Gasteiger partial charge in [0.25, 0.3) is 5.88 Å². The Bertz CT molecular complexity index is 701. The van der Waals surface area contributed by atoms with Crippen molar-refractivity contribution in [3.63, 3.8) is 0 Å². The van der Waals surface area contributed by atoms with E-state index >= 15 is 0 Å². The second kappa shape index (κ2) is 7.02. The number of hydrogen-bond donors (Lipinski definition) is 1. The van der Waals surface area contributed by atoms with Crippen LogP contribution in [0.4, 0.5) is 23.5 Å². The van der Waals surface area contributed by atoms with E-state index in [1.807, 2.05) is 0 Å². The molecule has 2 aromatic rings. The zero-order valence-electron chi connectivity index (χ0n) is 13.4. The number of rotatable bonds is 6. The molecule has 0 aliphatic carbocycles. The topological polar surface area (TPSA) is 64.9 Å². The molecule has 0 saturated carbocycles. The first kappa shape index (κ1) is 18.0. The molecule has 2 rings (SSSR count). The molecule has 0 radical (unpaired) electrons. The number of ether oxygens (including phenoxy) is 1. The summed E-state index contributed by atoms with van der Waals surface area (Å²) in [6.07, 6.45) is -3.50. The average Bonchev–Trinajstić information content (AvgIpc) is 2.87. The third-order valence-electron chi connectivity index (χ3n) is 3.19. The SMILES string of the molecule is COc1nc(NCC(C)Cn2nc(C)cc2C(F)(F)F)ncc1F. The van der Waals surface area contributed by atoms with Gasteiger partial charge >= 0.3 is 6.18 Å². The van der Waals surface area contributed by atoms with Gasteiger partial charge in [-0.05, 0) is 18.9 Å². The van der Waals surface area contributed by atoms with E-state index in [1.165, 1.54) is 14.0 Å². The van der Waals surface area contributed by atoms with E-state index in [-0.39, 0.29) is 30.8 Å². The van der Waals surface area contributed by atoms with E-state index < -0.39 is 17.7 Å². The Morgan fingerprint density at radius 2 is 2.08 bits per heavy atom. The van der Waals surface area contributed by atoms with Crippen LogP contribution in [0, 0.1) is 18.7 Å². The monoisotopic (exact) mass is 347 g/mol. The Morgan fingerprint density at radius 3 is 2.71 bits per heavy atom. The number of nitrogens with zero attached hydrogens (tertiary/aromatic N) is 4. The summed E-state index contributed by atoms with van der Waals surface area (Å²) in [5, 5.41) is 6.72. The van der Waals surface area contributed by atoms with E-state index in [1.54, 1.807) is 6.92 Å². The summed E-state index contributed by atoms with van der Waals surface area (Å²) < 4.78 is 57.7. The van der Waals surface area contributed by atoms with Crippen molar-refractivity contribution in [1.29, 1.82) is 0 Å². The fourth-order valence-electron chi connectivity index (χ4n) is 2.12. The van der Waals surface area contributed by atoms with Crippen molar-refractivity contribution in [3.8, 4) is 5.88 Å². The van der Waals surface area contributed by atoms with Crippen LogP contribution in [0.3, 0.4) is 0 Å². The Morgan fingerprint density at radius 1 is 1.38 bits per heavy atom. The number of alkyl halides is 3. The molecule has 0 aliphatic rings. The quantitative estimate of drug-likeness (QED) is 0.814. The van der Waals surface area contributed by atoms with Crippen LogP contribution in [0.5, 0.6) is 5.88 Å². The number of anilines is 1. The van der Waals surface area contributed by atoms with Gasteiger partial charge in [0.15, 0.2) is 0 Å². The predicted octanol–water partition coefficient (Wildman–Crippen LogP) is 2.90. The molecule has 0 aromatic carbocycles. The summed E-state index contributed by atoms with van der Waals surface area (Å²) in [4.78, 5) is 7.56. The predicted molar refractivity (Wildman–Crippen MR) is 78.2 cm³/mol. The minimum absolute atomic E-state index is 0.0635. The van der Waals surface area contributed by atoms with E-state index in [9.17, 15) is 17.6 Å². The standard InChI is InChI=1S/C14H17F4N5O/c1-8(5-19-13-20-6-10(15)12(21-13)24-3)7-23-11(14(16,17)18)4-9(2)22-23/h4,6,8H,5,7H2,1-3H3,(H,19,20,21). The van der Waals surface area contributed by atoms with Gasteiger partial charge in [0.2, 0.25) is 11.8 Å². The van der Waals surface area contributed by atoms with Gasteiger partial charge in [-0.2, -0.15) is 27.6 Å². The number of hydrogen-bond acceptors (Lipinski definition) is 5. The van der Waals surface area contributed by atoms with Crippen molar-refractivity contribution in [3.05, 3.63) is 29.5 Å². The molecule has 24 heavy (non-hydrogen) atoms. The summed E-state index contributed by atoms with van der Waals surface area (Å²) in [6.45, 7) is 3.61. The van der Waals surface area contributed by atoms with Gasteiger partial charge < -0.3 is 10.1 Å². The molecular formula is C14H17F4N5O. The summed E-state index contributed by atoms with van der Waals surface area (Å²) >= 11 is 0. The van der Waals surface area contributed by atoms with Gasteiger partial charge in [-0.25, -0.2) is 4.98 Å². The maximum absolute atomic E-state index is 13.2. The van der Waals surface area contributed by atoms with E-state index in [0.717, 1.165) is 16.9 Å². The normalized spacial score (nSPS) is 13.0. The van der Waals surface area contributed by atoms with Crippen LogP contribution < -0.4 is 10.1 Å². The number of nitrogens with one attached hydrogen (secondary N) is 1. The van der Waals surface area contributed by atoms with Crippen molar-refractivity contribution >= 4 is 5.95 Å². The summed E-state index contributed by atoms with van der Waals surface area (Å²) in [6, 6.07) is 1.01. The summed E-state index contributed by atoms with van der Waals surface area (Å²) in [7, 11) is 1.27. The minimum atomic E-state index is -4.46. The molecule has 1 atom stereocenters. The number of methoxy groups -OCH3 is 1. The van der Waals surface area contributed by atoms with Gasteiger partial charge in [-0.3, -0.25) is 4.68 Å². The van der Waals surface area contributed by atoms with Crippen molar-refractivity contribution in [2.24, 2.45) is 5.92 Å². The minimum Gasteiger partial charge on any atom is -0.479 e. The second-order valence-electron chi connectivity index (χ2n) is 5.39. The maximum atomic E-state index is 13.2. The lowest BCUT2D eigenvalue weighted by atomic mass is 10.2. The Labute approximate surface area is 135 Å². The highest BCUT2D eigenvalue weighted by molar-refractivity contribution is 5.28. The lowest BCUT2D eigenvalue weighted by molar-refractivity contribution is -0.144. The first-order valence-electron chi connectivity index (χ1n) is 7.12. The van der Waals surface area contributed by atoms with Crippen molar-refractivity contribution in [2.45, 2.75) is 26.6 Å². The Hall–Kier alpha value is -2.39. The van der Waals surface area contributed by atoms with Gasteiger partial charge in [-0.1, -0.05) is 6.92 Å². The molecule has 1 unspecified atom stereocenters. The van der Waals surface area contributed by atoms with Gasteiger partial charge in [-0.15, -0.1) is 0 Å². The summed E-state index contributed by atoms with van der Waals surface area (Å²) in [5.74, 6) is -0.974. The number of halogens is 4. The second-order valence-corrected chi connectivity index (χ2v) is 5.39. The lowest BCUT2D eigenvalue weighted by Crippen LogP contribution is -2.22. The van der Waals surface area contributed by atoms with Gasteiger partial charge in [0, 0.05) is 13.1 Å². The van der Waals surface area contributed by atoms with Crippen LogP contribution in [-0.2, 0) is 12.7 Å². The van der Waals surface area contributed by atoms with Crippen molar-refractivity contribution < 1.29 is 22.3 Å². The molecule has 0 aliphatic heterocycles. The molecule has 1 N–H and O–H groups in total. The highest BCUT2D eigenvalue weighted by Gasteiger charge is 2.35. The smallest absolute Gasteiger partial charge is 0.433 e. The highest BCUT2D eigenvalue weighted by Crippen LogP contribution is 2.30. The molecule has 0 saturated heterocycles. The fourth-order valence-corrected chi connectivity index (χ4v) is 2.12. The van der Waals surface area contributed by atoms with Crippen LogP contribution in [0.1, 0.15) is 18.3 Å². The zero-order chi connectivity index (χ0) is 17.9. The molecule has 0 bridgehead atoms. The van der Waals surface area contributed by atoms with Crippen LogP contribution in [-0.4, -0.2) is 33.4 Å². The van der Waals surface area contributed by atoms with E-state index in [2.05, 4.69) is 20.4 Å². The molecule has 6 nitrogen and oxygen atoms in total. The van der Waals surface area contributed by atoms with Crippen LogP contribution in [0.25, 0.3) is 0 Å². The number of aromatic nitrogens is 4. The first-order valence-corrected chi connectivity index (χ1v) is 7.12. The molecule has 0 fully saturated rings. The third-order valence-corrected chi connectivity index (χ3v) is 3.19. The maximum Gasteiger partial charge on any atom is 0.433 e. The zero-order valence-corrected chi connectivity index (χ0v) is 13.4. The summed E-state index contributed by atoms with van der Waals surface area (Å²) in [5.41, 5.74) is -0.486. The largest absolute Gasteiger partial charge is 0.479 e. The highest BCUT2D eigenvalue weighted by atomic mass is 19.4. The van der Waals surface area contributed by atoms with Crippen molar-refractivity contribution in [1.82, 2.24) is 19.7 Å².